The fourth-order valence-corrected chi connectivity index (χ4v) is 2.18. The molecular weight excluding hydrogens is 198 g/mol. The Bertz CT molecular complexity index is 157. The minimum Gasteiger partial charge on any atom is -0.377 e. The van der Waals surface area contributed by atoms with Gasteiger partial charge in [-0.15, -0.1) is 0 Å². The lowest BCUT2D eigenvalue weighted by atomic mass is 9.94. The van der Waals surface area contributed by atoms with Crippen LogP contribution in [0, 0.1) is 11.8 Å². The van der Waals surface area contributed by atoms with E-state index in [1.54, 1.807) is 0 Å². The van der Waals surface area contributed by atoms with E-state index in [9.17, 15) is 0 Å². The van der Waals surface area contributed by atoms with Crippen molar-refractivity contribution >= 4 is 0 Å². The summed E-state index contributed by atoms with van der Waals surface area (Å²) in [5.41, 5.74) is 0. The minimum absolute atomic E-state index is 0.349. The van der Waals surface area contributed by atoms with E-state index in [0.717, 1.165) is 12.5 Å². The lowest BCUT2D eigenvalue weighted by molar-refractivity contribution is 0.00257. The van der Waals surface area contributed by atoms with Crippen LogP contribution in [0.1, 0.15) is 53.9 Å². The predicted octanol–water partition coefficient (Wildman–Crippen LogP) is 3.46. The normalized spacial score (nSPS) is 15.8. The molecule has 1 N–H and O–H groups in total. The molecule has 0 aliphatic carbocycles. The topological polar surface area (TPSA) is 21.3 Å². The largest absolute Gasteiger partial charge is 0.377 e. The van der Waals surface area contributed by atoms with Crippen LogP contribution in [0.5, 0.6) is 0 Å². The second-order valence-electron chi connectivity index (χ2n) is 5.38. The maximum absolute atomic E-state index is 5.85. The molecule has 0 saturated carbocycles. The third-order valence-corrected chi connectivity index (χ3v) is 3.08. The van der Waals surface area contributed by atoms with Gasteiger partial charge in [-0.05, 0) is 32.2 Å². The van der Waals surface area contributed by atoms with Gasteiger partial charge in [0.1, 0.15) is 0 Å². The summed E-state index contributed by atoms with van der Waals surface area (Å²) in [6.45, 7) is 12.0. The molecule has 98 valence electrons. The highest BCUT2D eigenvalue weighted by Gasteiger charge is 2.23. The van der Waals surface area contributed by atoms with Crippen molar-refractivity contribution in [2.45, 2.75) is 66.0 Å². The van der Waals surface area contributed by atoms with E-state index < -0.39 is 0 Å². The zero-order valence-electron chi connectivity index (χ0n) is 12.0. The Hall–Kier alpha value is -0.0800. The molecule has 0 bridgehead atoms. The summed E-state index contributed by atoms with van der Waals surface area (Å²) in [5, 5.41) is 3.42. The van der Waals surface area contributed by atoms with E-state index in [1.807, 2.05) is 0 Å². The summed E-state index contributed by atoms with van der Waals surface area (Å²) in [4.78, 5) is 0. The second kappa shape index (κ2) is 9.00. The molecule has 2 atom stereocenters. The van der Waals surface area contributed by atoms with Crippen LogP contribution in [0.3, 0.4) is 0 Å². The van der Waals surface area contributed by atoms with Crippen LogP contribution in [-0.2, 0) is 4.74 Å². The summed E-state index contributed by atoms with van der Waals surface area (Å²) < 4.78 is 5.85. The van der Waals surface area contributed by atoms with E-state index in [1.165, 1.54) is 19.3 Å². The molecule has 0 aliphatic rings. The van der Waals surface area contributed by atoms with Crippen LogP contribution >= 0.6 is 0 Å². The quantitative estimate of drug-likeness (QED) is 0.654. The lowest BCUT2D eigenvalue weighted by Crippen LogP contribution is -2.42. The Kier molecular flexibility index (Phi) is 8.96. The van der Waals surface area contributed by atoms with Gasteiger partial charge in [0.05, 0.1) is 6.10 Å². The summed E-state index contributed by atoms with van der Waals surface area (Å²) in [6, 6.07) is 0.499. The van der Waals surface area contributed by atoms with Crippen LogP contribution in [-0.4, -0.2) is 25.8 Å². The third-order valence-electron chi connectivity index (χ3n) is 3.08. The van der Waals surface area contributed by atoms with Crippen molar-refractivity contribution in [2.24, 2.45) is 11.8 Å². The first-order valence-corrected chi connectivity index (χ1v) is 6.81. The molecule has 0 heterocycles. The van der Waals surface area contributed by atoms with Crippen LogP contribution in [0.2, 0.25) is 0 Å². The average molecular weight is 229 g/mol. The first-order valence-electron chi connectivity index (χ1n) is 6.81. The van der Waals surface area contributed by atoms with Crippen molar-refractivity contribution in [1.82, 2.24) is 5.32 Å². The summed E-state index contributed by atoms with van der Waals surface area (Å²) in [6.07, 6.45) is 4.17. The Morgan fingerprint density at radius 1 is 1.06 bits per heavy atom. The molecule has 0 aromatic carbocycles. The van der Waals surface area contributed by atoms with Crippen molar-refractivity contribution in [1.29, 1.82) is 0 Å². The molecule has 0 aromatic rings. The van der Waals surface area contributed by atoms with Crippen molar-refractivity contribution in [2.75, 3.05) is 13.7 Å². The molecule has 2 nitrogen and oxygen atoms in total. The highest BCUT2D eigenvalue weighted by molar-refractivity contribution is 4.78. The molecule has 2 heteroatoms. The summed E-state index contributed by atoms with van der Waals surface area (Å²) in [7, 11) is 2.05. The average Bonchev–Trinajstić information content (AvgIpc) is 2.21. The van der Waals surface area contributed by atoms with Gasteiger partial charge < -0.3 is 10.1 Å². The first-order chi connectivity index (χ1) is 7.52. The Morgan fingerprint density at radius 3 is 2.06 bits per heavy atom. The maximum atomic E-state index is 5.85. The van der Waals surface area contributed by atoms with Crippen LogP contribution in [0.15, 0.2) is 0 Å². The predicted molar refractivity (Wildman–Crippen MR) is 71.8 cm³/mol. The van der Waals surface area contributed by atoms with Gasteiger partial charge in [-0.3, -0.25) is 0 Å². The van der Waals surface area contributed by atoms with E-state index >= 15 is 0 Å². The standard InChI is InChI=1S/C14H31NO/c1-7-16-14(12(4)5)13(15-6)10-8-9-11(2)3/h11-15H,7-10H2,1-6H3. The zero-order valence-corrected chi connectivity index (χ0v) is 12.0. The number of likely N-dealkylation sites (N-methyl/N-ethyl adjacent to an activating group) is 1. The fraction of sp³-hybridized carbons (Fsp3) is 1.00. The number of hydrogen-bond donors (Lipinski definition) is 1. The number of rotatable bonds is 9. The Labute approximate surface area is 102 Å². The number of ether oxygens (including phenoxy) is 1. The number of nitrogens with one attached hydrogen (secondary N) is 1. The van der Waals surface area contributed by atoms with Gasteiger partial charge >= 0.3 is 0 Å². The fourth-order valence-electron chi connectivity index (χ4n) is 2.18. The van der Waals surface area contributed by atoms with Gasteiger partial charge in [-0.25, -0.2) is 0 Å². The van der Waals surface area contributed by atoms with Gasteiger partial charge in [0.2, 0.25) is 0 Å². The van der Waals surface area contributed by atoms with E-state index in [2.05, 4.69) is 47.0 Å². The monoisotopic (exact) mass is 229 g/mol. The molecule has 0 amide bonds. The van der Waals surface area contributed by atoms with Crippen molar-refractivity contribution in [3.63, 3.8) is 0 Å². The Morgan fingerprint density at radius 2 is 1.69 bits per heavy atom. The minimum atomic E-state index is 0.349. The van der Waals surface area contributed by atoms with Crippen LogP contribution in [0.25, 0.3) is 0 Å². The summed E-state index contributed by atoms with van der Waals surface area (Å²) >= 11 is 0. The van der Waals surface area contributed by atoms with Crippen molar-refractivity contribution in [3.05, 3.63) is 0 Å². The maximum Gasteiger partial charge on any atom is 0.0750 e. The van der Waals surface area contributed by atoms with Crippen molar-refractivity contribution < 1.29 is 4.74 Å². The molecule has 0 aliphatic heterocycles. The van der Waals surface area contributed by atoms with Gasteiger partial charge in [0.25, 0.3) is 0 Å². The smallest absolute Gasteiger partial charge is 0.0750 e. The van der Waals surface area contributed by atoms with E-state index in [0.29, 0.717) is 18.1 Å². The molecule has 16 heavy (non-hydrogen) atoms. The van der Waals surface area contributed by atoms with Crippen molar-refractivity contribution in [3.8, 4) is 0 Å². The third kappa shape index (κ3) is 6.49. The van der Waals surface area contributed by atoms with Gasteiger partial charge in [-0.1, -0.05) is 40.5 Å². The highest BCUT2D eigenvalue weighted by atomic mass is 16.5. The molecule has 0 aromatic heterocycles. The Balaban J connectivity index is 4.09. The van der Waals surface area contributed by atoms with Gasteiger partial charge in [-0.2, -0.15) is 0 Å². The first kappa shape index (κ1) is 15.9. The van der Waals surface area contributed by atoms with Gasteiger partial charge in [0.15, 0.2) is 0 Å². The molecule has 0 radical (unpaired) electrons. The lowest BCUT2D eigenvalue weighted by Gasteiger charge is -2.30. The zero-order chi connectivity index (χ0) is 12.6. The molecule has 0 saturated heterocycles. The van der Waals surface area contributed by atoms with E-state index in [4.69, 9.17) is 4.74 Å². The SMILES string of the molecule is CCOC(C(C)C)C(CCCC(C)C)NC. The molecular formula is C14H31NO. The number of hydrogen-bond acceptors (Lipinski definition) is 2. The van der Waals surface area contributed by atoms with Gasteiger partial charge in [0, 0.05) is 12.6 Å². The van der Waals surface area contributed by atoms with E-state index in [-0.39, 0.29) is 0 Å². The summed E-state index contributed by atoms with van der Waals surface area (Å²) in [5.74, 6) is 1.39. The molecule has 0 fully saturated rings. The second-order valence-corrected chi connectivity index (χ2v) is 5.38. The molecule has 2 unspecified atom stereocenters. The highest BCUT2D eigenvalue weighted by Crippen LogP contribution is 2.17. The molecule has 0 spiro atoms. The van der Waals surface area contributed by atoms with Crippen LogP contribution < -0.4 is 5.32 Å². The molecule has 0 rings (SSSR count). The van der Waals surface area contributed by atoms with Crippen LogP contribution in [0.4, 0.5) is 0 Å².